The molecule has 1 heterocycles. The Kier molecular flexibility index (Phi) is 3.04. The Bertz CT molecular complexity index is 242. The maximum Gasteiger partial charge on any atom is 0.208 e. The van der Waals surface area contributed by atoms with Gasteiger partial charge in [-0.2, -0.15) is 0 Å². The van der Waals surface area contributed by atoms with E-state index in [1.807, 2.05) is 0 Å². The quantitative estimate of drug-likeness (QED) is 0.618. The van der Waals surface area contributed by atoms with Gasteiger partial charge in [0.2, 0.25) is 7.41 Å². The lowest BCUT2D eigenvalue weighted by atomic mass is 9.79. The van der Waals surface area contributed by atoms with Crippen LogP contribution in [0, 0.1) is 0 Å². The van der Waals surface area contributed by atoms with Crippen molar-refractivity contribution in [1.82, 2.24) is 4.81 Å². The molecule has 0 N–H and O–H groups in total. The number of hydrogen-bond donors (Lipinski definition) is 0. The van der Waals surface area contributed by atoms with Gasteiger partial charge in [-0.1, -0.05) is 43.1 Å². The molecule has 0 spiro atoms. The van der Waals surface area contributed by atoms with Crippen molar-refractivity contribution in [1.29, 1.82) is 0 Å². The van der Waals surface area contributed by atoms with Crippen LogP contribution in [0.1, 0.15) is 18.4 Å². The van der Waals surface area contributed by atoms with Gasteiger partial charge in [-0.15, -0.1) is 0 Å². The molecule has 67 valence electrons. The third-order valence-corrected chi connectivity index (χ3v) is 2.52. The lowest BCUT2D eigenvalue weighted by Crippen LogP contribution is -2.31. The lowest BCUT2D eigenvalue weighted by molar-refractivity contribution is 0.402. The van der Waals surface area contributed by atoms with Gasteiger partial charge in [0.1, 0.15) is 0 Å². The molecule has 1 aliphatic rings. The highest BCUT2D eigenvalue weighted by Crippen LogP contribution is 2.11. The number of benzene rings is 1. The van der Waals surface area contributed by atoms with E-state index in [1.165, 1.54) is 31.3 Å². The van der Waals surface area contributed by atoms with Gasteiger partial charge < -0.3 is 4.81 Å². The van der Waals surface area contributed by atoms with E-state index in [2.05, 4.69) is 42.6 Å². The lowest BCUT2D eigenvalue weighted by Gasteiger charge is -2.25. The summed E-state index contributed by atoms with van der Waals surface area (Å²) in [5.41, 5.74) is 1.42. The number of hydrogen-bond acceptors (Lipinski definition) is 1. The fraction of sp³-hybridized carbons (Fsp3) is 0.455. The summed E-state index contributed by atoms with van der Waals surface area (Å²) in [5.74, 6) is 0. The van der Waals surface area contributed by atoms with E-state index >= 15 is 0 Å². The summed E-state index contributed by atoms with van der Waals surface area (Å²) in [6.45, 7) is 2.32. The van der Waals surface area contributed by atoms with Gasteiger partial charge in [0.05, 0.1) is 0 Å². The highest BCUT2D eigenvalue weighted by Gasteiger charge is 2.10. The molecule has 2 rings (SSSR count). The summed E-state index contributed by atoms with van der Waals surface area (Å²) in [6, 6.07) is 10.7. The van der Waals surface area contributed by atoms with Gasteiger partial charge in [0.25, 0.3) is 0 Å². The first-order valence-corrected chi connectivity index (χ1v) is 5.06. The van der Waals surface area contributed by atoms with Crippen molar-refractivity contribution < 1.29 is 0 Å². The van der Waals surface area contributed by atoms with Gasteiger partial charge in [0.15, 0.2) is 0 Å². The fourth-order valence-corrected chi connectivity index (χ4v) is 1.79. The van der Waals surface area contributed by atoms with Crippen LogP contribution in [-0.2, 0) is 6.54 Å². The van der Waals surface area contributed by atoms with E-state index < -0.39 is 0 Å². The van der Waals surface area contributed by atoms with Crippen LogP contribution in [0.5, 0.6) is 0 Å². The van der Waals surface area contributed by atoms with Crippen LogP contribution in [-0.4, -0.2) is 18.8 Å². The smallest absolute Gasteiger partial charge is 0.208 e. The van der Waals surface area contributed by atoms with Crippen LogP contribution in [0.3, 0.4) is 0 Å². The number of rotatable bonds is 2. The standard InChI is InChI=1S/C11H15BN/c1-2-6-11(7-3-1)10-13-9-5-4-8-12-13/h1-3,6-7H,4-5,8-10H2. The minimum atomic E-state index is 1.08. The second-order valence-corrected chi connectivity index (χ2v) is 3.63. The van der Waals surface area contributed by atoms with Crippen LogP contribution in [0.2, 0.25) is 6.32 Å². The minimum Gasteiger partial charge on any atom is -0.343 e. The first-order chi connectivity index (χ1) is 6.45. The molecule has 2 heteroatoms. The van der Waals surface area contributed by atoms with Crippen molar-refractivity contribution in [2.45, 2.75) is 25.7 Å². The molecule has 1 nitrogen and oxygen atoms in total. The Morgan fingerprint density at radius 1 is 1.15 bits per heavy atom. The maximum absolute atomic E-state index is 2.43. The van der Waals surface area contributed by atoms with E-state index in [0.29, 0.717) is 0 Å². The third kappa shape index (κ3) is 2.59. The van der Waals surface area contributed by atoms with Gasteiger partial charge >= 0.3 is 0 Å². The van der Waals surface area contributed by atoms with Crippen LogP contribution < -0.4 is 0 Å². The molecule has 13 heavy (non-hydrogen) atoms. The van der Waals surface area contributed by atoms with Crippen LogP contribution in [0.4, 0.5) is 0 Å². The van der Waals surface area contributed by atoms with Crippen LogP contribution in [0.25, 0.3) is 0 Å². The monoisotopic (exact) mass is 172 g/mol. The summed E-state index contributed by atoms with van der Waals surface area (Å²) in [5, 5.41) is 0. The largest absolute Gasteiger partial charge is 0.343 e. The summed E-state index contributed by atoms with van der Waals surface area (Å²) < 4.78 is 0. The highest BCUT2D eigenvalue weighted by molar-refractivity contribution is 6.32. The van der Waals surface area contributed by atoms with Crippen molar-refractivity contribution in [3.05, 3.63) is 35.9 Å². The maximum atomic E-state index is 2.43. The van der Waals surface area contributed by atoms with Gasteiger partial charge in [-0.25, -0.2) is 0 Å². The molecule has 1 fully saturated rings. The van der Waals surface area contributed by atoms with Crippen molar-refractivity contribution in [3.63, 3.8) is 0 Å². The molecule has 0 atom stereocenters. The average Bonchev–Trinajstić information content (AvgIpc) is 2.21. The van der Waals surface area contributed by atoms with Crippen molar-refractivity contribution >= 4 is 7.41 Å². The van der Waals surface area contributed by atoms with Crippen molar-refractivity contribution in [2.24, 2.45) is 0 Å². The first-order valence-electron chi connectivity index (χ1n) is 5.06. The van der Waals surface area contributed by atoms with E-state index in [0.717, 1.165) is 6.54 Å². The first kappa shape index (κ1) is 8.83. The summed E-state index contributed by atoms with van der Waals surface area (Å²) in [6.07, 6.45) is 3.97. The highest BCUT2D eigenvalue weighted by atomic mass is 15.0. The molecule has 0 aromatic heterocycles. The van der Waals surface area contributed by atoms with Crippen LogP contribution in [0.15, 0.2) is 30.3 Å². The second-order valence-electron chi connectivity index (χ2n) is 3.63. The zero-order valence-electron chi connectivity index (χ0n) is 7.95. The molecule has 1 aromatic carbocycles. The molecule has 0 unspecified atom stereocenters. The van der Waals surface area contributed by atoms with Gasteiger partial charge in [0, 0.05) is 6.54 Å². The predicted molar refractivity (Wildman–Crippen MR) is 56.6 cm³/mol. The fourth-order valence-electron chi connectivity index (χ4n) is 1.79. The normalized spacial score (nSPS) is 18.2. The second kappa shape index (κ2) is 4.47. The Balaban J connectivity index is 1.90. The van der Waals surface area contributed by atoms with E-state index in [4.69, 9.17) is 0 Å². The van der Waals surface area contributed by atoms with Crippen LogP contribution >= 0.6 is 0 Å². The topological polar surface area (TPSA) is 3.24 Å². The Hall–Kier alpha value is -0.755. The third-order valence-electron chi connectivity index (χ3n) is 2.52. The minimum absolute atomic E-state index is 1.08. The molecule has 0 aliphatic carbocycles. The van der Waals surface area contributed by atoms with E-state index in [1.54, 1.807) is 0 Å². The average molecular weight is 172 g/mol. The SMILES string of the molecule is [B]1CCCCN1Cc1ccccc1. The van der Waals surface area contributed by atoms with E-state index in [-0.39, 0.29) is 0 Å². The van der Waals surface area contributed by atoms with Gasteiger partial charge in [-0.3, -0.25) is 0 Å². The van der Waals surface area contributed by atoms with Gasteiger partial charge in [-0.05, 0) is 18.5 Å². The summed E-state index contributed by atoms with van der Waals surface area (Å²) in [4.78, 5) is 2.43. The zero-order chi connectivity index (χ0) is 8.93. The van der Waals surface area contributed by atoms with Crippen molar-refractivity contribution in [2.75, 3.05) is 6.54 Å². The molecule has 0 amide bonds. The molecule has 0 saturated carbocycles. The Morgan fingerprint density at radius 2 is 2.00 bits per heavy atom. The van der Waals surface area contributed by atoms with E-state index in [9.17, 15) is 0 Å². The zero-order valence-corrected chi connectivity index (χ0v) is 7.95. The Morgan fingerprint density at radius 3 is 2.69 bits per heavy atom. The predicted octanol–water partition coefficient (Wildman–Crippen LogP) is 2.32. The molecule has 1 saturated heterocycles. The molecular weight excluding hydrogens is 157 g/mol. The molecule has 1 aliphatic heterocycles. The molecule has 0 bridgehead atoms. The Labute approximate surface area is 81.0 Å². The molecule has 1 radical (unpaired) electrons. The van der Waals surface area contributed by atoms with Crippen molar-refractivity contribution in [3.8, 4) is 0 Å². The molecule has 1 aromatic rings. The summed E-state index contributed by atoms with van der Waals surface area (Å²) >= 11 is 0. The molecular formula is C11H15BN. The number of nitrogens with zero attached hydrogens (tertiary/aromatic N) is 1. The summed E-state index contributed by atoms with van der Waals surface area (Å²) in [7, 11) is 2.34.